The number of carbonyl (C=O) groups excluding carboxylic acids is 1. The van der Waals surface area contributed by atoms with Crippen molar-refractivity contribution in [3.63, 3.8) is 0 Å². The van der Waals surface area contributed by atoms with Crippen LogP contribution in [0.5, 0.6) is 0 Å². The van der Waals surface area contributed by atoms with Gasteiger partial charge in [-0.1, -0.05) is 59.6 Å². The molecule has 0 spiro atoms. The average Bonchev–Trinajstić information content (AvgIpc) is 3.30. The van der Waals surface area contributed by atoms with Crippen LogP contribution in [-0.2, 0) is 0 Å². The number of amides is 1. The highest BCUT2D eigenvalue weighted by Gasteiger charge is 2.27. The highest BCUT2D eigenvalue weighted by molar-refractivity contribution is 6.33. The molecule has 0 atom stereocenters. The summed E-state index contributed by atoms with van der Waals surface area (Å²) in [5, 5.41) is 5.81. The van der Waals surface area contributed by atoms with Crippen molar-refractivity contribution < 1.29 is 9.18 Å². The van der Waals surface area contributed by atoms with E-state index in [-0.39, 0.29) is 11.7 Å². The van der Waals surface area contributed by atoms with Crippen molar-refractivity contribution >= 4 is 34.8 Å². The van der Waals surface area contributed by atoms with Crippen LogP contribution in [0.1, 0.15) is 10.5 Å². The van der Waals surface area contributed by atoms with Crippen molar-refractivity contribution in [1.82, 2.24) is 14.7 Å². The van der Waals surface area contributed by atoms with Gasteiger partial charge in [-0.2, -0.15) is 5.10 Å². The number of carbonyl (C=O) groups is 1. The monoisotopic (exact) mass is 494 g/mol. The van der Waals surface area contributed by atoms with Crippen molar-refractivity contribution in [1.29, 1.82) is 0 Å². The van der Waals surface area contributed by atoms with Crippen LogP contribution in [0.4, 0.5) is 10.1 Å². The predicted molar refractivity (Wildman–Crippen MR) is 134 cm³/mol. The second-order valence-electron chi connectivity index (χ2n) is 8.02. The summed E-state index contributed by atoms with van der Waals surface area (Å²) >= 11 is 12.6. The van der Waals surface area contributed by atoms with Gasteiger partial charge in [0.25, 0.3) is 5.91 Å². The lowest BCUT2D eigenvalue weighted by Crippen LogP contribution is -2.49. The van der Waals surface area contributed by atoms with Gasteiger partial charge < -0.3 is 9.80 Å². The summed E-state index contributed by atoms with van der Waals surface area (Å²) < 4.78 is 15.8. The van der Waals surface area contributed by atoms with E-state index in [9.17, 15) is 9.18 Å². The van der Waals surface area contributed by atoms with E-state index in [1.807, 2.05) is 41.3 Å². The van der Waals surface area contributed by atoms with E-state index in [1.54, 1.807) is 46.0 Å². The average molecular weight is 495 g/mol. The van der Waals surface area contributed by atoms with Crippen molar-refractivity contribution in [2.75, 3.05) is 31.1 Å². The normalized spacial score (nSPS) is 13.9. The van der Waals surface area contributed by atoms with Gasteiger partial charge in [-0.05, 0) is 42.5 Å². The van der Waals surface area contributed by atoms with E-state index in [0.717, 1.165) is 5.56 Å². The molecule has 0 unspecified atom stereocenters. The fraction of sp³-hybridized carbons (Fsp3) is 0.154. The summed E-state index contributed by atoms with van der Waals surface area (Å²) in [5.74, 6) is -0.412. The van der Waals surface area contributed by atoms with Crippen LogP contribution < -0.4 is 4.90 Å². The van der Waals surface area contributed by atoms with E-state index in [1.165, 1.54) is 6.07 Å². The van der Waals surface area contributed by atoms with Gasteiger partial charge in [-0.25, -0.2) is 9.07 Å². The maximum absolute atomic E-state index is 14.2. The molecule has 1 aliphatic heterocycles. The zero-order chi connectivity index (χ0) is 23.7. The first kappa shape index (κ1) is 22.4. The van der Waals surface area contributed by atoms with Crippen LogP contribution in [0.15, 0.2) is 78.9 Å². The number of para-hydroxylation sites is 1. The van der Waals surface area contributed by atoms with Crippen molar-refractivity contribution in [3.05, 3.63) is 100 Å². The molecule has 8 heteroatoms. The number of hydrogen-bond acceptors (Lipinski definition) is 3. The van der Waals surface area contributed by atoms with Gasteiger partial charge in [0.2, 0.25) is 0 Å². The number of nitrogens with zero attached hydrogens (tertiary/aromatic N) is 4. The number of halogens is 3. The third-order valence-corrected chi connectivity index (χ3v) is 6.46. The first-order valence-corrected chi connectivity index (χ1v) is 11.7. The van der Waals surface area contributed by atoms with E-state index in [0.29, 0.717) is 59.0 Å². The Bertz CT molecular complexity index is 1350. The molecule has 1 saturated heterocycles. The molecule has 0 bridgehead atoms. The smallest absolute Gasteiger partial charge is 0.272 e. The number of anilines is 1. The van der Waals surface area contributed by atoms with Gasteiger partial charge in [-0.15, -0.1) is 0 Å². The first-order valence-electron chi connectivity index (χ1n) is 10.9. The highest BCUT2D eigenvalue weighted by Crippen LogP contribution is 2.29. The molecule has 5 rings (SSSR count). The maximum atomic E-state index is 14.2. The summed E-state index contributed by atoms with van der Waals surface area (Å²) in [5.41, 5.74) is 2.98. The minimum Gasteiger partial charge on any atom is -0.366 e. The molecule has 0 saturated carbocycles. The van der Waals surface area contributed by atoms with Crippen LogP contribution in [0, 0.1) is 5.82 Å². The van der Waals surface area contributed by atoms with E-state index in [4.69, 9.17) is 28.3 Å². The SMILES string of the molecule is O=C(c1cc(-c2ccccc2Cl)nn1-c1cccc(Cl)c1)N1CCN(c2ccccc2F)CC1. The Kier molecular flexibility index (Phi) is 6.26. The zero-order valence-electron chi connectivity index (χ0n) is 18.2. The molecule has 1 amide bonds. The fourth-order valence-electron chi connectivity index (χ4n) is 4.16. The van der Waals surface area contributed by atoms with Gasteiger partial charge in [0.15, 0.2) is 0 Å². The third kappa shape index (κ3) is 4.39. The lowest BCUT2D eigenvalue weighted by atomic mass is 10.1. The Balaban J connectivity index is 1.46. The lowest BCUT2D eigenvalue weighted by molar-refractivity contribution is 0.0737. The molecule has 0 aliphatic carbocycles. The highest BCUT2D eigenvalue weighted by atomic mass is 35.5. The molecule has 4 aromatic rings. The molecule has 5 nitrogen and oxygen atoms in total. The van der Waals surface area contributed by atoms with Crippen LogP contribution >= 0.6 is 23.2 Å². The van der Waals surface area contributed by atoms with Gasteiger partial charge in [-0.3, -0.25) is 4.79 Å². The minimum atomic E-state index is -0.259. The van der Waals surface area contributed by atoms with Crippen LogP contribution in [-0.4, -0.2) is 46.8 Å². The first-order chi connectivity index (χ1) is 16.5. The molecule has 34 heavy (non-hydrogen) atoms. The summed E-state index contributed by atoms with van der Waals surface area (Å²) in [6.45, 7) is 2.01. The number of aromatic nitrogens is 2. The summed E-state index contributed by atoms with van der Waals surface area (Å²) in [7, 11) is 0. The minimum absolute atomic E-state index is 0.154. The van der Waals surface area contributed by atoms with Crippen molar-refractivity contribution in [2.45, 2.75) is 0 Å². The number of benzene rings is 3. The van der Waals surface area contributed by atoms with E-state index >= 15 is 0 Å². The number of piperazine rings is 1. The largest absolute Gasteiger partial charge is 0.366 e. The molecule has 1 fully saturated rings. The molecular weight excluding hydrogens is 474 g/mol. The Labute approximate surface area is 206 Å². The van der Waals surface area contributed by atoms with Crippen molar-refractivity contribution in [3.8, 4) is 16.9 Å². The second-order valence-corrected chi connectivity index (χ2v) is 8.86. The summed E-state index contributed by atoms with van der Waals surface area (Å²) in [4.78, 5) is 17.4. The van der Waals surface area contributed by atoms with Gasteiger partial charge in [0.1, 0.15) is 11.5 Å². The van der Waals surface area contributed by atoms with Crippen LogP contribution in [0.3, 0.4) is 0 Å². The molecule has 3 aromatic carbocycles. The molecular formula is C26H21Cl2FN4O. The molecule has 0 N–H and O–H groups in total. The maximum Gasteiger partial charge on any atom is 0.272 e. The Morgan fingerprint density at radius 1 is 0.853 bits per heavy atom. The van der Waals surface area contributed by atoms with Gasteiger partial charge in [0.05, 0.1) is 22.1 Å². The van der Waals surface area contributed by atoms with Crippen molar-refractivity contribution in [2.24, 2.45) is 0 Å². The third-order valence-electron chi connectivity index (χ3n) is 5.89. The zero-order valence-corrected chi connectivity index (χ0v) is 19.7. The van der Waals surface area contributed by atoms with Crippen LogP contribution in [0.25, 0.3) is 16.9 Å². The number of hydrogen-bond donors (Lipinski definition) is 0. The predicted octanol–water partition coefficient (Wildman–Crippen LogP) is 5.95. The molecule has 1 aliphatic rings. The molecule has 172 valence electrons. The quantitative estimate of drug-likeness (QED) is 0.352. The lowest BCUT2D eigenvalue weighted by Gasteiger charge is -2.36. The molecule has 1 aromatic heterocycles. The number of rotatable bonds is 4. The fourth-order valence-corrected chi connectivity index (χ4v) is 4.58. The molecule has 0 radical (unpaired) electrons. The Morgan fingerprint density at radius 2 is 1.59 bits per heavy atom. The van der Waals surface area contributed by atoms with Crippen LogP contribution in [0.2, 0.25) is 10.0 Å². The molecule has 2 heterocycles. The van der Waals surface area contributed by atoms with Gasteiger partial charge in [0, 0.05) is 36.8 Å². The Hall–Kier alpha value is -3.35. The van der Waals surface area contributed by atoms with E-state index in [2.05, 4.69) is 0 Å². The summed E-state index contributed by atoms with van der Waals surface area (Å²) in [6, 6.07) is 23.0. The standard InChI is InChI=1S/C26H21Cl2FN4O/c27-18-6-5-7-19(16-18)33-25(17-23(30-33)20-8-1-2-9-21(20)28)26(34)32-14-12-31(13-15-32)24-11-4-3-10-22(24)29/h1-11,16-17H,12-15H2. The van der Waals surface area contributed by atoms with E-state index < -0.39 is 0 Å². The topological polar surface area (TPSA) is 41.4 Å². The Morgan fingerprint density at radius 3 is 2.32 bits per heavy atom. The second kappa shape index (κ2) is 9.49. The summed E-state index contributed by atoms with van der Waals surface area (Å²) in [6.07, 6.45) is 0. The van der Waals surface area contributed by atoms with Gasteiger partial charge >= 0.3 is 0 Å².